The number of hydrogen-bond donors (Lipinski definition) is 1. The Labute approximate surface area is 118 Å². The first kappa shape index (κ1) is 13.7. The molecule has 0 radical (unpaired) electrons. The van der Waals surface area contributed by atoms with Crippen LogP contribution < -0.4 is 5.73 Å². The average molecular weight is 278 g/mol. The molecule has 0 saturated heterocycles. The maximum atomic E-state index is 13.2. The molecule has 1 aromatic carbocycles. The van der Waals surface area contributed by atoms with E-state index in [0.717, 1.165) is 37.7 Å². The summed E-state index contributed by atoms with van der Waals surface area (Å²) in [7, 11) is 0. The van der Waals surface area contributed by atoms with Crippen LogP contribution in [0.5, 0.6) is 0 Å². The van der Waals surface area contributed by atoms with Crippen LogP contribution in [0.25, 0.3) is 0 Å². The number of aliphatic imine (C=N–C) groups is 1. The fourth-order valence-electron chi connectivity index (χ4n) is 2.99. The van der Waals surface area contributed by atoms with Gasteiger partial charge in [0.05, 0.1) is 0 Å². The van der Waals surface area contributed by atoms with E-state index in [1.807, 2.05) is 6.21 Å². The molecule has 0 aliphatic heterocycles. The van der Waals surface area contributed by atoms with E-state index in [-0.39, 0.29) is 0 Å². The quantitative estimate of drug-likeness (QED) is 0.845. The van der Waals surface area contributed by atoms with Crippen LogP contribution in [0.4, 0.5) is 8.78 Å². The summed E-state index contributed by atoms with van der Waals surface area (Å²) < 4.78 is 26.1. The molecule has 0 spiro atoms. The zero-order chi connectivity index (χ0) is 14.1. The van der Waals surface area contributed by atoms with E-state index in [0.29, 0.717) is 23.9 Å². The SMILES string of the molecule is NC1CCC(N=CC2C[C@@H]2c2ccc(F)c(F)c2)CC1. The third-order valence-corrected chi connectivity index (χ3v) is 4.44. The van der Waals surface area contributed by atoms with Crippen LogP contribution in [0, 0.1) is 17.6 Å². The first-order valence-corrected chi connectivity index (χ1v) is 7.37. The number of halogens is 2. The van der Waals surface area contributed by atoms with E-state index in [9.17, 15) is 8.78 Å². The number of benzene rings is 1. The first-order valence-electron chi connectivity index (χ1n) is 7.37. The summed E-state index contributed by atoms with van der Waals surface area (Å²) in [5, 5.41) is 0. The predicted molar refractivity (Wildman–Crippen MR) is 75.9 cm³/mol. The van der Waals surface area contributed by atoms with E-state index < -0.39 is 11.6 Å². The highest BCUT2D eigenvalue weighted by atomic mass is 19.2. The Morgan fingerprint density at radius 2 is 1.85 bits per heavy atom. The fraction of sp³-hybridized carbons (Fsp3) is 0.562. The van der Waals surface area contributed by atoms with Crippen molar-refractivity contribution in [3.63, 3.8) is 0 Å². The lowest BCUT2D eigenvalue weighted by Gasteiger charge is -2.22. The lowest BCUT2D eigenvalue weighted by atomic mass is 9.92. The monoisotopic (exact) mass is 278 g/mol. The van der Waals surface area contributed by atoms with Gasteiger partial charge in [0.2, 0.25) is 0 Å². The molecule has 20 heavy (non-hydrogen) atoms. The number of rotatable bonds is 3. The maximum absolute atomic E-state index is 13.2. The van der Waals surface area contributed by atoms with E-state index >= 15 is 0 Å². The Morgan fingerprint density at radius 3 is 2.55 bits per heavy atom. The van der Waals surface area contributed by atoms with Crippen molar-refractivity contribution in [2.75, 3.05) is 0 Å². The lowest BCUT2D eigenvalue weighted by Crippen LogP contribution is -2.28. The van der Waals surface area contributed by atoms with Gasteiger partial charge in [-0.05, 0) is 55.7 Å². The molecule has 4 heteroatoms. The van der Waals surface area contributed by atoms with Gasteiger partial charge in [0.15, 0.2) is 11.6 Å². The Balaban J connectivity index is 1.55. The zero-order valence-electron chi connectivity index (χ0n) is 11.4. The van der Waals surface area contributed by atoms with E-state index in [1.54, 1.807) is 6.07 Å². The maximum Gasteiger partial charge on any atom is 0.159 e. The molecule has 0 bridgehead atoms. The molecule has 0 aromatic heterocycles. The van der Waals surface area contributed by atoms with Gasteiger partial charge in [0, 0.05) is 24.2 Å². The largest absolute Gasteiger partial charge is 0.328 e. The highest BCUT2D eigenvalue weighted by Crippen LogP contribution is 2.46. The van der Waals surface area contributed by atoms with Gasteiger partial charge in [-0.3, -0.25) is 4.99 Å². The third kappa shape index (κ3) is 3.06. The van der Waals surface area contributed by atoms with Crippen LogP contribution in [0.15, 0.2) is 23.2 Å². The summed E-state index contributed by atoms with van der Waals surface area (Å²) >= 11 is 0. The highest BCUT2D eigenvalue weighted by Gasteiger charge is 2.37. The summed E-state index contributed by atoms with van der Waals surface area (Å²) in [6.07, 6.45) is 7.26. The Kier molecular flexibility index (Phi) is 3.83. The molecule has 2 nitrogen and oxygen atoms in total. The Hall–Kier alpha value is -1.29. The van der Waals surface area contributed by atoms with Crippen molar-refractivity contribution >= 4 is 6.21 Å². The second kappa shape index (κ2) is 5.60. The van der Waals surface area contributed by atoms with Gasteiger partial charge in [-0.25, -0.2) is 8.78 Å². The van der Waals surface area contributed by atoms with Crippen LogP contribution in [-0.4, -0.2) is 18.3 Å². The fourth-order valence-corrected chi connectivity index (χ4v) is 2.99. The van der Waals surface area contributed by atoms with Crippen LogP contribution >= 0.6 is 0 Å². The highest BCUT2D eigenvalue weighted by molar-refractivity contribution is 5.67. The summed E-state index contributed by atoms with van der Waals surface area (Å²) in [6, 6.07) is 4.95. The van der Waals surface area contributed by atoms with Crippen molar-refractivity contribution in [2.24, 2.45) is 16.6 Å². The van der Waals surface area contributed by atoms with Crippen molar-refractivity contribution in [1.82, 2.24) is 0 Å². The van der Waals surface area contributed by atoms with Crippen LogP contribution in [0.1, 0.15) is 43.6 Å². The minimum atomic E-state index is -0.779. The standard InChI is InChI=1S/C16H20F2N2/c17-15-6-1-10(8-16(15)18)14-7-11(14)9-20-13-4-2-12(19)3-5-13/h1,6,8-9,11-14H,2-5,7,19H2/t11?,12?,13?,14-/m1/s1. The third-order valence-electron chi connectivity index (χ3n) is 4.44. The molecule has 2 fully saturated rings. The molecule has 2 saturated carbocycles. The lowest BCUT2D eigenvalue weighted by molar-refractivity contribution is 0.396. The van der Waals surface area contributed by atoms with Gasteiger partial charge >= 0.3 is 0 Å². The van der Waals surface area contributed by atoms with Crippen molar-refractivity contribution in [3.05, 3.63) is 35.4 Å². The Bertz CT molecular complexity index is 507. The molecule has 2 aliphatic carbocycles. The molecule has 0 amide bonds. The molecule has 1 unspecified atom stereocenters. The number of nitrogens with zero attached hydrogens (tertiary/aromatic N) is 1. The number of hydrogen-bond acceptors (Lipinski definition) is 2. The van der Waals surface area contributed by atoms with Crippen molar-refractivity contribution < 1.29 is 8.78 Å². The molecule has 2 N–H and O–H groups in total. The summed E-state index contributed by atoms with van der Waals surface area (Å²) in [4.78, 5) is 4.65. The summed E-state index contributed by atoms with van der Waals surface area (Å²) in [5.74, 6) is -0.848. The average Bonchev–Trinajstić information content (AvgIpc) is 3.21. The van der Waals surface area contributed by atoms with Gasteiger partial charge in [-0.1, -0.05) is 6.07 Å². The second-order valence-corrected chi connectivity index (χ2v) is 6.05. The summed E-state index contributed by atoms with van der Waals surface area (Å²) in [5.41, 5.74) is 6.75. The van der Waals surface area contributed by atoms with Crippen LogP contribution in [-0.2, 0) is 0 Å². The minimum Gasteiger partial charge on any atom is -0.328 e. The van der Waals surface area contributed by atoms with Crippen molar-refractivity contribution in [1.29, 1.82) is 0 Å². The van der Waals surface area contributed by atoms with Crippen LogP contribution in [0.2, 0.25) is 0 Å². The predicted octanol–water partition coefficient (Wildman–Crippen LogP) is 3.41. The molecule has 3 rings (SSSR count). The smallest absolute Gasteiger partial charge is 0.159 e. The van der Waals surface area contributed by atoms with Crippen molar-refractivity contribution in [2.45, 2.75) is 50.1 Å². The summed E-state index contributed by atoms with van der Waals surface area (Å²) in [6.45, 7) is 0. The second-order valence-electron chi connectivity index (χ2n) is 6.05. The Morgan fingerprint density at radius 1 is 1.10 bits per heavy atom. The van der Waals surface area contributed by atoms with Crippen LogP contribution in [0.3, 0.4) is 0 Å². The van der Waals surface area contributed by atoms with Gasteiger partial charge in [-0.15, -0.1) is 0 Å². The molecular formula is C16H20F2N2. The van der Waals surface area contributed by atoms with Gasteiger partial charge in [0.25, 0.3) is 0 Å². The van der Waals surface area contributed by atoms with Gasteiger partial charge in [0.1, 0.15) is 0 Å². The zero-order valence-corrected chi connectivity index (χ0v) is 11.4. The molecule has 2 aliphatic rings. The van der Waals surface area contributed by atoms with Gasteiger partial charge < -0.3 is 5.73 Å². The number of nitrogens with two attached hydrogens (primary N) is 1. The molecular weight excluding hydrogens is 258 g/mol. The molecule has 0 heterocycles. The normalized spacial score (nSPS) is 33.5. The minimum absolute atomic E-state index is 0.305. The molecule has 108 valence electrons. The van der Waals surface area contributed by atoms with Crippen molar-refractivity contribution in [3.8, 4) is 0 Å². The molecule has 1 aromatic rings. The van der Waals surface area contributed by atoms with E-state index in [2.05, 4.69) is 4.99 Å². The van der Waals surface area contributed by atoms with E-state index in [1.165, 1.54) is 12.1 Å². The van der Waals surface area contributed by atoms with E-state index in [4.69, 9.17) is 5.73 Å². The topological polar surface area (TPSA) is 38.4 Å². The van der Waals surface area contributed by atoms with Gasteiger partial charge in [-0.2, -0.15) is 0 Å². The first-order chi connectivity index (χ1) is 9.63. The molecule has 2 atom stereocenters.